The van der Waals surface area contributed by atoms with Crippen molar-refractivity contribution in [2.24, 2.45) is 23.7 Å². The number of Topliss-reactive ketones (excluding diaryl/α,β-unsaturated/α-hetero) is 1. The van der Waals surface area contributed by atoms with Crippen molar-refractivity contribution >= 4 is 23.3 Å². The topological polar surface area (TPSA) is 63.7 Å². The third-order valence-electron chi connectivity index (χ3n) is 6.49. The van der Waals surface area contributed by atoms with Crippen LogP contribution in [0.25, 0.3) is 0 Å². The molecule has 5 nitrogen and oxygen atoms in total. The summed E-state index contributed by atoms with van der Waals surface area (Å²) in [7, 11) is 0. The predicted octanol–water partition coefficient (Wildman–Crippen LogP) is 3.48. The van der Waals surface area contributed by atoms with Crippen LogP contribution in [0.15, 0.2) is 54.6 Å². The summed E-state index contributed by atoms with van der Waals surface area (Å²) >= 11 is 0. The average molecular weight is 375 g/mol. The number of nitrogens with zero attached hydrogens (tertiary/aromatic N) is 1. The Hall–Kier alpha value is -2.95. The Labute approximate surface area is 163 Å². The Morgan fingerprint density at radius 1 is 0.893 bits per heavy atom. The summed E-state index contributed by atoms with van der Waals surface area (Å²) in [6.45, 7) is -0.0571. The lowest BCUT2D eigenvalue weighted by molar-refractivity contribution is -0.123. The first kappa shape index (κ1) is 17.2. The Balaban J connectivity index is 1.27. The molecule has 5 rings (SSSR count). The van der Waals surface area contributed by atoms with Crippen LogP contribution in [0.2, 0.25) is 0 Å². The van der Waals surface area contributed by atoms with Crippen molar-refractivity contribution in [1.82, 2.24) is 0 Å². The SMILES string of the molecule is O=C(COc1ccc(N2C(=O)[C@@H]3[C@H]4CC[C@@H](C4)[C@@H]3C2=O)cc1)c1ccccc1. The van der Waals surface area contributed by atoms with Crippen molar-refractivity contribution in [2.75, 3.05) is 11.5 Å². The summed E-state index contributed by atoms with van der Waals surface area (Å²) in [5.74, 6) is 0.859. The number of hydrogen-bond acceptors (Lipinski definition) is 4. The van der Waals surface area contributed by atoms with Crippen LogP contribution < -0.4 is 9.64 Å². The molecule has 2 aromatic carbocycles. The van der Waals surface area contributed by atoms with E-state index in [1.165, 1.54) is 4.90 Å². The zero-order chi connectivity index (χ0) is 19.3. The van der Waals surface area contributed by atoms with Crippen LogP contribution in [-0.2, 0) is 9.59 Å². The van der Waals surface area contributed by atoms with E-state index in [2.05, 4.69) is 0 Å². The standard InChI is InChI=1S/C23H21NO4/c25-19(14-4-2-1-3-5-14)13-28-18-10-8-17(9-11-18)24-22(26)20-15-6-7-16(12-15)21(20)23(24)27/h1-5,8-11,15-16,20-21H,6-7,12-13H2/t15-,16-,20-,21+/m0/s1. The number of fused-ring (bicyclic) bond motifs is 5. The lowest BCUT2D eigenvalue weighted by Crippen LogP contribution is -2.32. The van der Waals surface area contributed by atoms with Crippen LogP contribution >= 0.6 is 0 Å². The third-order valence-corrected chi connectivity index (χ3v) is 6.49. The van der Waals surface area contributed by atoms with Crippen LogP contribution in [0.5, 0.6) is 5.75 Å². The maximum absolute atomic E-state index is 12.9. The monoisotopic (exact) mass is 375 g/mol. The minimum Gasteiger partial charge on any atom is -0.485 e. The van der Waals surface area contributed by atoms with E-state index in [9.17, 15) is 14.4 Å². The molecule has 5 heteroatoms. The number of imide groups is 1. The van der Waals surface area contributed by atoms with Gasteiger partial charge in [-0.3, -0.25) is 19.3 Å². The summed E-state index contributed by atoms with van der Waals surface area (Å²) in [6.07, 6.45) is 3.17. The second kappa shape index (κ2) is 6.59. The minimum atomic E-state index is -0.120. The molecular weight excluding hydrogens is 354 g/mol. The van der Waals surface area contributed by atoms with Gasteiger partial charge in [0.25, 0.3) is 0 Å². The highest BCUT2D eigenvalue weighted by Gasteiger charge is 2.61. The maximum atomic E-state index is 12.9. The van der Waals surface area contributed by atoms with Crippen LogP contribution in [0, 0.1) is 23.7 Å². The van der Waals surface area contributed by atoms with Gasteiger partial charge in [0.05, 0.1) is 17.5 Å². The highest BCUT2D eigenvalue weighted by molar-refractivity contribution is 6.22. The molecule has 2 bridgehead atoms. The predicted molar refractivity (Wildman–Crippen MR) is 103 cm³/mol. The van der Waals surface area contributed by atoms with Gasteiger partial charge < -0.3 is 4.74 Å². The largest absolute Gasteiger partial charge is 0.485 e. The molecule has 0 unspecified atom stereocenters. The average Bonchev–Trinajstić information content (AvgIpc) is 3.41. The lowest BCUT2D eigenvalue weighted by Gasteiger charge is -2.19. The molecule has 2 amide bonds. The number of ether oxygens (including phenoxy) is 1. The molecule has 2 aromatic rings. The van der Waals surface area contributed by atoms with Gasteiger partial charge in [0.1, 0.15) is 5.75 Å². The summed E-state index contributed by atoms with van der Waals surface area (Å²) in [6, 6.07) is 15.8. The van der Waals surface area contributed by atoms with E-state index in [0.717, 1.165) is 19.3 Å². The van der Waals surface area contributed by atoms with Crippen molar-refractivity contribution in [1.29, 1.82) is 0 Å². The molecule has 1 saturated heterocycles. The normalized spacial score (nSPS) is 27.9. The number of benzene rings is 2. The molecule has 2 aliphatic carbocycles. The maximum Gasteiger partial charge on any atom is 0.237 e. The molecule has 3 fully saturated rings. The fraction of sp³-hybridized carbons (Fsp3) is 0.348. The van der Waals surface area contributed by atoms with Gasteiger partial charge in [-0.05, 0) is 55.4 Å². The van der Waals surface area contributed by atoms with Crippen molar-refractivity contribution in [3.63, 3.8) is 0 Å². The van der Waals surface area contributed by atoms with Crippen LogP contribution in [0.4, 0.5) is 5.69 Å². The fourth-order valence-electron chi connectivity index (χ4n) is 5.21. The van der Waals surface area contributed by atoms with Crippen LogP contribution in [-0.4, -0.2) is 24.2 Å². The second-order valence-corrected chi connectivity index (χ2v) is 7.97. The number of carbonyl (C=O) groups is 3. The molecule has 0 spiro atoms. The Morgan fingerprint density at radius 2 is 1.50 bits per heavy atom. The van der Waals surface area contributed by atoms with E-state index in [4.69, 9.17) is 4.74 Å². The van der Waals surface area contributed by atoms with Gasteiger partial charge in [0, 0.05) is 5.56 Å². The van der Waals surface area contributed by atoms with Crippen LogP contribution in [0.1, 0.15) is 29.6 Å². The van der Waals surface area contributed by atoms with E-state index in [0.29, 0.717) is 28.8 Å². The molecule has 3 aliphatic rings. The van der Waals surface area contributed by atoms with Gasteiger partial charge in [-0.15, -0.1) is 0 Å². The molecular formula is C23H21NO4. The fourth-order valence-corrected chi connectivity index (χ4v) is 5.21. The third kappa shape index (κ3) is 2.65. The molecule has 0 aromatic heterocycles. The Kier molecular flexibility index (Phi) is 4.04. The summed E-state index contributed by atoms with van der Waals surface area (Å²) < 4.78 is 5.57. The van der Waals surface area contributed by atoms with Crippen molar-refractivity contribution < 1.29 is 19.1 Å². The van der Waals surface area contributed by atoms with Crippen LogP contribution in [0.3, 0.4) is 0 Å². The van der Waals surface area contributed by atoms with Gasteiger partial charge in [0.2, 0.25) is 11.8 Å². The molecule has 0 N–H and O–H groups in total. The molecule has 4 atom stereocenters. The van der Waals surface area contributed by atoms with Gasteiger partial charge in [-0.25, -0.2) is 0 Å². The zero-order valence-electron chi connectivity index (χ0n) is 15.4. The molecule has 2 saturated carbocycles. The minimum absolute atomic E-state index is 0.0462. The summed E-state index contributed by atoms with van der Waals surface area (Å²) in [5, 5.41) is 0. The number of carbonyl (C=O) groups excluding carboxylic acids is 3. The smallest absolute Gasteiger partial charge is 0.237 e. The first-order chi connectivity index (χ1) is 13.6. The number of amides is 2. The number of hydrogen-bond donors (Lipinski definition) is 0. The quantitative estimate of drug-likeness (QED) is 0.593. The van der Waals surface area contributed by atoms with Crippen molar-refractivity contribution in [3.8, 4) is 5.75 Å². The number of ketones is 1. The highest BCUT2D eigenvalue weighted by atomic mass is 16.5. The Bertz CT molecular complexity index is 909. The summed E-state index contributed by atoms with van der Waals surface area (Å²) in [5.41, 5.74) is 1.19. The number of rotatable bonds is 5. The molecule has 1 heterocycles. The van der Waals surface area contributed by atoms with Gasteiger partial charge in [-0.1, -0.05) is 30.3 Å². The van der Waals surface area contributed by atoms with Gasteiger partial charge in [0.15, 0.2) is 12.4 Å². The van der Waals surface area contributed by atoms with Gasteiger partial charge in [-0.2, -0.15) is 0 Å². The molecule has 28 heavy (non-hydrogen) atoms. The molecule has 0 radical (unpaired) electrons. The molecule has 142 valence electrons. The van der Waals surface area contributed by atoms with E-state index in [1.54, 1.807) is 36.4 Å². The van der Waals surface area contributed by atoms with Gasteiger partial charge >= 0.3 is 0 Å². The van der Waals surface area contributed by atoms with Crippen molar-refractivity contribution in [3.05, 3.63) is 60.2 Å². The molecule has 1 aliphatic heterocycles. The van der Waals surface area contributed by atoms with E-state index in [1.807, 2.05) is 18.2 Å². The van der Waals surface area contributed by atoms with E-state index in [-0.39, 0.29) is 36.0 Å². The van der Waals surface area contributed by atoms with E-state index < -0.39 is 0 Å². The zero-order valence-corrected chi connectivity index (χ0v) is 15.4. The second-order valence-electron chi connectivity index (χ2n) is 7.97. The lowest BCUT2D eigenvalue weighted by atomic mass is 9.81. The van der Waals surface area contributed by atoms with E-state index >= 15 is 0 Å². The number of anilines is 1. The summed E-state index contributed by atoms with van der Waals surface area (Å²) in [4.78, 5) is 39.2. The van der Waals surface area contributed by atoms with Crippen molar-refractivity contribution in [2.45, 2.75) is 19.3 Å². The Morgan fingerprint density at radius 3 is 2.11 bits per heavy atom. The first-order valence-corrected chi connectivity index (χ1v) is 9.82. The highest BCUT2D eigenvalue weighted by Crippen LogP contribution is 2.56. The first-order valence-electron chi connectivity index (χ1n) is 9.82.